The van der Waals surface area contributed by atoms with Gasteiger partial charge in [0, 0.05) is 10.6 Å². The van der Waals surface area contributed by atoms with E-state index in [1.807, 2.05) is 34.9 Å². The Morgan fingerprint density at radius 1 is 1.05 bits per heavy atom. The van der Waals surface area contributed by atoms with Gasteiger partial charge in [0.15, 0.2) is 0 Å². The molecule has 0 unspecified atom stereocenters. The SMILES string of the molecule is NC1=[N+](c2ccc(Cl)cc2Cl)Cc2ccccc21.[Br-]. The maximum atomic E-state index is 6.22. The lowest BCUT2D eigenvalue weighted by Gasteiger charge is -2.05. The van der Waals surface area contributed by atoms with Crippen molar-refractivity contribution in [2.75, 3.05) is 0 Å². The monoisotopic (exact) mass is 356 g/mol. The first kappa shape index (κ1) is 14.4. The molecule has 1 heterocycles. The Morgan fingerprint density at radius 2 is 1.79 bits per heavy atom. The van der Waals surface area contributed by atoms with Crippen molar-refractivity contribution >= 4 is 34.7 Å². The highest BCUT2D eigenvalue weighted by atomic mass is 79.9. The fourth-order valence-corrected chi connectivity index (χ4v) is 2.73. The van der Waals surface area contributed by atoms with Crippen LogP contribution in [0.15, 0.2) is 42.5 Å². The molecule has 0 amide bonds. The van der Waals surface area contributed by atoms with Crippen molar-refractivity contribution in [1.29, 1.82) is 0 Å². The molecular weight excluding hydrogens is 347 g/mol. The molecule has 0 radical (unpaired) electrons. The second-order valence-electron chi connectivity index (χ2n) is 4.22. The molecule has 1 aliphatic rings. The molecule has 2 aromatic carbocycles. The average molecular weight is 358 g/mol. The Morgan fingerprint density at radius 3 is 2.47 bits per heavy atom. The normalized spacial score (nSPS) is 13.2. The van der Waals surface area contributed by atoms with Gasteiger partial charge in [-0.3, -0.25) is 5.73 Å². The standard InChI is InChI=1S/C14H10Cl2N2.BrH/c15-10-5-6-13(12(16)7-10)18-8-9-3-1-2-4-11(9)14(18)17;/h1-7,17H,8H2;1H. The van der Waals surface area contributed by atoms with Crippen LogP contribution in [-0.4, -0.2) is 10.4 Å². The zero-order chi connectivity index (χ0) is 12.7. The van der Waals surface area contributed by atoms with Gasteiger partial charge in [0.25, 0.3) is 5.84 Å². The summed E-state index contributed by atoms with van der Waals surface area (Å²) >= 11 is 12.1. The molecule has 0 aliphatic carbocycles. The molecule has 2 nitrogen and oxygen atoms in total. The molecule has 0 fully saturated rings. The third-order valence-corrected chi connectivity index (χ3v) is 3.65. The van der Waals surface area contributed by atoms with E-state index in [1.165, 1.54) is 5.56 Å². The van der Waals surface area contributed by atoms with Gasteiger partial charge < -0.3 is 17.0 Å². The van der Waals surface area contributed by atoms with Crippen LogP contribution in [0.5, 0.6) is 0 Å². The topological polar surface area (TPSA) is 29.0 Å². The van der Waals surface area contributed by atoms with Crippen LogP contribution in [-0.2, 0) is 6.54 Å². The predicted octanol–water partition coefficient (Wildman–Crippen LogP) is 0.560. The van der Waals surface area contributed by atoms with Crippen LogP contribution in [0.4, 0.5) is 5.69 Å². The lowest BCUT2D eigenvalue weighted by atomic mass is 10.1. The molecule has 0 saturated carbocycles. The zero-order valence-corrected chi connectivity index (χ0v) is 13.0. The summed E-state index contributed by atoms with van der Waals surface area (Å²) in [4.78, 5) is 0. The Hall–Kier alpha value is -1.03. The summed E-state index contributed by atoms with van der Waals surface area (Å²) in [7, 11) is 0. The minimum atomic E-state index is 0. The van der Waals surface area contributed by atoms with Crippen molar-refractivity contribution in [3.05, 3.63) is 63.6 Å². The van der Waals surface area contributed by atoms with Gasteiger partial charge in [-0.15, -0.1) is 0 Å². The van der Waals surface area contributed by atoms with Crippen LogP contribution >= 0.6 is 23.2 Å². The van der Waals surface area contributed by atoms with Crippen LogP contribution in [0.25, 0.3) is 0 Å². The van der Waals surface area contributed by atoms with Crippen LogP contribution in [0, 0.1) is 0 Å². The van der Waals surface area contributed by atoms with E-state index in [2.05, 4.69) is 6.07 Å². The van der Waals surface area contributed by atoms with E-state index in [4.69, 9.17) is 28.9 Å². The summed E-state index contributed by atoms with van der Waals surface area (Å²) in [5, 5.41) is 1.23. The predicted molar refractivity (Wildman–Crippen MR) is 74.8 cm³/mol. The Balaban J connectivity index is 0.00000133. The van der Waals surface area contributed by atoms with Gasteiger partial charge >= 0.3 is 0 Å². The lowest BCUT2D eigenvalue weighted by Crippen LogP contribution is -3.00. The number of hydrogen-bond acceptors (Lipinski definition) is 1. The van der Waals surface area contributed by atoms with Crippen molar-refractivity contribution < 1.29 is 21.6 Å². The number of rotatable bonds is 1. The third kappa shape index (κ3) is 2.50. The first-order chi connectivity index (χ1) is 8.66. The van der Waals surface area contributed by atoms with Crippen LogP contribution in [0.1, 0.15) is 11.1 Å². The third-order valence-electron chi connectivity index (χ3n) is 3.11. The van der Waals surface area contributed by atoms with Gasteiger partial charge in [-0.1, -0.05) is 41.4 Å². The molecule has 2 aromatic rings. The second-order valence-corrected chi connectivity index (χ2v) is 5.07. The summed E-state index contributed by atoms with van der Waals surface area (Å²) in [5.41, 5.74) is 9.35. The zero-order valence-electron chi connectivity index (χ0n) is 9.91. The number of benzene rings is 2. The van der Waals surface area contributed by atoms with Gasteiger partial charge in [-0.25, -0.2) is 4.58 Å². The molecule has 98 valence electrons. The highest BCUT2D eigenvalue weighted by molar-refractivity contribution is 6.36. The van der Waals surface area contributed by atoms with Gasteiger partial charge in [-0.2, -0.15) is 0 Å². The summed E-state index contributed by atoms with van der Waals surface area (Å²) in [6.45, 7) is 0.739. The molecule has 0 bridgehead atoms. The minimum Gasteiger partial charge on any atom is -1.00 e. The van der Waals surface area contributed by atoms with E-state index in [0.29, 0.717) is 10.0 Å². The van der Waals surface area contributed by atoms with Gasteiger partial charge in [0.1, 0.15) is 12.2 Å². The smallest absolute Gasteiger partial charge is 0.280 e. The average Bonchev–Trinajstić information content (AvgIpc) is 2.68. The Labute approximate surface area is 132 Å². The van der Waals surface area contributed by atoms with E-state index < -0.39 is 0 Å². The van der Waals surface area contributed by atoms with Crippen LogP contribution in [0.3, 0.4) is 0 Å². The molecule has 1 aliphatic heterocycles. The van der Waals surface area contributed by atoms with Crippen molar-refractivity contribution in [2.45, 2.75) is 6.54 Å². The number of fused-ring (bicyclic) bond motifs is 1. The number of amidine groups is 1. The van der Waals surface area contributed by atoms with Gasteiger partial charge in [-0.05, 0) is 24.3 Å². The molecule has 5 heteroatoms. The van der Waals surface area contributed by atoms with E-state index >= 15 is 0 Å². The fraction of sp³-hybridized carbons (Fsp3) is 0.0714. The summed E-state index contributed by atoms with van der Waals surface area (Å²) < 4.78 is 2.00. The van der Waals surface area contributed by atoms with Crippen LogP contribution in [0.2, 0.25) is 10.0 Å². The van der Waals surface area contributed by atoms with Gasteiger partial charge in [0.05, 0.1) is 10.6 Å². The number of nitrogens with two attached hydrogens (primary N) is 1. The summed E-state index contributed by atoms with van der Waals surface area (Å²) in [6.07, 6.45) is 0. The second kappa shape index (κ2) is 5.53. The van der Waals surface area contributed by atoms with E-state index in [0.717, 1.165) is 23.6 Å². The van der Waals surface area contributed by atoms with Crippen molar-refractivity contribution in [1.82, 2.24) is 0 Å². The molecule has 0 saturated heterocycles. The number of hydrogen-bond donors (Lipinski definition) is 1. The van der Waals surface area contributed by atoms with Gasteiger partial charge in [0.2, 0.25) is 0 Å². The van der Waals surface area contributed by atoms with E-state index in [1.54, 1.807) is 6.07 Å². The molecule has 2 N–H and O–H groups in total. The van der Waals surface area contributed by atoms with Crippen molar-refractivity contribution in [3.63, 3.8) is 0 Å². The largest absolute Gasteiger partial charge is 1.00 e. The quantitative estimate of drug-likeness (QED) is 0.742. The van der Waals surface area contributed by atoms with E-state index in [9.17, 15) is 0 Å². The molecule has 3 rings (SSSR count). The molecular formula is C14H11BrCl2N2. The number of nitrogens with zero attached hydrogens (tertiary/aromatic N) is 1. The summed E-state index contributed by atoms with van der Waals surface area (Å²) in [5.74, 6) is 0.731. The Kier molecular flexibility index (Phi) is 4.19. The molecule has 0 aromatic heterocycles. The minimum absolute atomic E-state index is 0. The van der Waals surface area contributed by atoms with Crippen molar-refractivity contribution in [2.24, 2.45) is 5.73 Å². The fourth-order valence-electron chi connectivity index (χ4n) is 2.22. The maximum Gasteiger partial charge on any atom is 0.280 e. The highest BCUT2D eigenvalue weighted by Crippen LogP contribution is 2.31. The summed E-state index contributed by atoms with van der Waals surface area (Å²) in [6, 6.07) is 13.5. The first-order valence-electron chi connectivity index (χ1n) is 5.60. The van der Waals surface area contributed by atoms with Crippen LogP contribution < -0.4 is 22.7 Å². The lowest BCUT2D eigenvalue weighted by molar-refractivity contribution is -0.453. The number of halogens is 3. The molecule has 19 heavy (non-hydrogen) atoms. The maximum absolute atomic E-state index is 6.22. The molecule has 0 atom stereocenters. The van der Waals surface area contributed by atoms with Crippen molar-refractivity contribution in [3.8, 4) is 0 Å². The first-order valence-corrected chi connectivity index (χ1v) is 6.35. The highest BCUT2D eigenvalue weighted by Gasteiger charge is 2.26. The molecule has 0 spiro atoms. The van der Waals surface area contributed by atoms with E-state index in [-0.39, 0.29) is 17.0 Å². The Bertz CT molecular complexity index is 668.